The summed E-state index contributed by atoms with van der Waals surface area (Å²) in [4.78, 5) is 23.2. The molecule has 1 fully saturated rings. The number of aryl methyl sites for hydroxylation is 1. The van der Waals surface area contributed by atoms with Crippen molar-refractivity contribution in [1.29, 1.82) is 0 Å². The molecule has 0 aliphatic carbocycles. The van der Waals surface area contributed by atoms with Crippen molar-refractivity contribution in [3.63, 3.8) is 0 Å². The van der Waals surface area contributed by atoms with Crippen LogP contribution in [0.2, 0.25) is 0 Å². The van der Waals surface area contributed by atoms with E-state index in [1.807, 2.05) is 30.5 Å². The van der Waals surface area contributed by atoms with Gasteiger partial charge in [-0.25, -0.2) is 9.67 Å². The first-order chi connectivity index (χ1) is 15.1. The Kier molecular flexibility index (Phi) is 4.87. The number of hydrogen-bond donors (Lipinski definition) is 1. The lowest BCUT2D eigenvalue weighted by Gasteiger charge is -2.28. The second-order valence-electron chi connectivity index (χ2n) is 7.37. The van der Waals surface area contributed by atoms with Crippen molar-refractivity contribution in [3.8, 4) is 17.1 Å². The smallest absolute Gasteiger partial charge is 0.306 e. The quantitative estimate of drug-likeness (QED) is 0.544. The average Bonchev–Trinajstić information content (AvgIpc) is 3.46. The summed E-state index contributed by atoms with van der Waals surface area (Å²) in [5.41, 5.74) is 4.75. The Balaban J connectivity index is 1.61. The van der Waals surface area contributed by atoms with Gasteiger partial charge < -0.3 is 19.4 Å². The third-order valence-corrected chi connectivity index (χ3v) is 5.24. The monoisotopic (exact) mass is 418 g/mol. The second-order valence-corrected chi connectivity index (χ2v) is 7.37. The third kappa shape index (κ3) is 3.64. The maximum Gasteiger partial charge on any atom is 0.306 e. The summed E-state index contributed by atoms with van der Waals surface area (Å²) in [6.45, 7) is 4.73. The van der Waals surface area contributed by atoms with Crippen LogP contribution in [0.3, 0.4) is 0 Å². The summed E-state index contributed by atoms with van der Waals surface area (Å²) in [6.07, 6.45) is 1.87. The number of carbonyl (C=O) groups excluding carboxylic acids is 1. The summed E-state index contributed by atoms with van der Waals surface area (Å²) in [5.74, 6) is 0.179. The van der Waals surface area contributed by atoms with Gasteiger partial charge in [-0.1, -0.05) is 23.8 Å². The fourth-order valence-electron chi connectivity index (χ4n) is 3.66. The largest absolute Gasteiger partial charge is 0.413 e. The molecule has 1 aliphatic rings. The molecule has 9 heteroatoms. The number of oxazole rings is 1. The summed E-state index contributed by atoms with van der Waals surface area (Å²) in [7, 11) is 1.54. The Hall–Kier alpha value is -3.72. The predicted molar refractivity (Wildman–Crippen MR) is 116 cm³/mol. The number of amides is 1. The van der Waals surface area contributed by atoms with Gasteiger partial charge in [0.05, 0.1) is 24.6 Å². The number of hydrogen-bond acceptors (Lipinski definition) is 7. The molecular formula is C22H22N6O3. The van der Waals surface area contributed by atoms with Crippen molar-refractivity contribution >= 4 is 22.8 Å². The molecule has 0 bridgehead atoms. The van der Waals surface area contributed by atoms with Crippen molar-refractivity contribution in [1.82, 2.24) is 25.1 Å². The van der Waals surface area contributed by atoms with Gasteiger partial charge in [-0.05, 0) is 19.1 Å². The molecular weight excluding hydrogens is 396 g/mol. The third-order valence-electron chi connectivity index (χ3n) is 5.24. The number of anilines is 1. The highest BCUT2D eigenvalue weighted by Crippen LogP contribution is 2.29. The normalized spacial score (nSPS) is 14.2. The molecule has 1 saturated heterocycles. The van der Waals surface area contributed by atoms with Crippen LogP contribution in [-0.2, 0) is 4.74 Å². The zero-order chi connectivity index (χ0) is 21.4. The maximum absolute atomic E-state index is 12.1. The highest BCUT2D eigenvalue weighted by atomic mass is 16.5. The fraction of sp³-hybridized carbons (Fsp3) is 0.273. The number of fused-ring (bicyclic) bond motifs is 1. The Labute approximate surface area is 178 Å². The average molecular weight is 418 g/mol. The van der Waals surface area contributed by atoms with Crippen LogP contribution in [0.15, 0.2) is 47.0 Å². The van der Waals surface area contributed by atoms with E-state index in [0.717, 1.165) is 16.9 Å². The lowest BCUT2D eigenvalue weighted by molar-refractivity contribution is 0.0930. The molecule has 31 heavy (non-hydrogen) atoms. The predicted octanol–water partition coefficient (Wildman–Crippen LogP) is 2.58. The molecule has 4 heterocycles. The summed E-state index contributed by atoms with van der Waals surface area (Å²) < 4.78 is 12.9. The summed E-state index contributed by atoms with van der Waals surface area (Å²) in [6, 6.07) is 12.1. The number of nitrogens with one attached hydrogen (secondary N) is 1. The Morgan fingerprint density at radius 3 is 2.74 bits per heavy atom. The molecule has 0 atom stereocenters. The van der Waals surface area contributed by atoms with E-state index in [9.17, 15) is 4.79 Å². The molecule has 3 aromatic heterocycles. The Morgan fingerprint density at radius 2 is 1.97 bits per heavy atom. The van der Waals surface area contributed by atoms with Crippen LogP contribution in [0.25, 0.3) is 28.3 Å². The highest BCUT2D eigenvalue weighted by molar-refractivity contribution is 5.94. The van der Waals surface area contributed by atoms with E-state index in [0.29, 0.717) is 43.4 Å². The van der Waals surface area contributed by atoms with Gasteiger partial charge in [-0.15, -0.1) is 0 Å². The first-order valence-electron chi connectivity index (χ1n) is 10.1. The van der Waals surface area contributed by atoms with E-state index in [1.165, 1.54) is 12.6 Å². The number of aromatic nitrogens is 4. The number of nitrogens with zero attached hydrogens (tertiary/aromatic N) is 5. The molecule has 1 N–H and O–H groups in total. The van der Waals surface area contributed by atoms with Gasteiger partial charge in [0.15, 0.2) is 11.3 Å². The van der Waals surface area contributed by atoms with E-state index in [4.69, 9.17) is 14.3 Å². The number of carbonyl (C=O) groups is 1. The van der Waals surface area contributed by atoms with E-state index in [-0.39, 0.29) is 5.89 Å². The highest BCUT2D eigenvalue weighted by Gasteiger charge is 2.23. The zero-order valence-corrected chi connectivity index (χ0v) is 17.3. The summed E-state index contributed by atoms with van der Waals surface area (Å²) in [5, 5.41) is 7.25. The molecule has 5 rings (SSSR count). The lowest BCUT2D eigenvalue weighted by Crippen LogP contribution is -2.36. The number of pyridine rings is 1. The zero-order valence-electron chi connectivity index (χ0n) is 17.3. The van der Waals surface area contributed by atoms with Crippen molar-refractivity contribution < 1.29 is 13.9 Å². The van der Waals surface area contributed by atoms with Gasteiger partial charge in [0.25, 0.3) is 11.6 Å². The molecule has 0 saturated carbocycles. The van der Waals surface area contributed by atoms with Crippen LogP contribution in [-0.4, -0.2) is 59.0 Å². The molecule has 1 amide bonds. The number of morpholine rings is 1. The van der Waals surface area contributed by atoms with Crippen LogP contribution in [0.1, 0.15) is 16.2 Å². The first kappa shape index (κ1) is 19.3. The number of ether oxygens (including phenoxy) is 1. The summed E-state index contributed by atoms with van der Waals surface area (Å²) >= 11 is 0. The topological polar surface area (TPSA) is 98.3 Å². The maximum atomic E-state index is 12.1. The fourth-order valence-corrected chi connectivity index (χ4v) is 3.66. The minimum atomic E-state index is -0.395. The molecule has 158 valence electrons. The van der Waals surface area contributed by atoms with Crippen LogP contribution in [0, 0.1) is 6.92 Å². The molecule has 9 nitrogen and oxygen atoms in total. The van der Waals surface area contributed by atoms with Crippen molar-refractivity contribution in [3.05, 3.63) is 54.0 Å². The SMILES string of the molecule is CNC(=O)c1nc2c(N3CCOCC3)cc(-n3ccc(-c4cccc(C)c4)n3)nc2o1. The van der Waals surface area contributed by atoms with Gasteiger partial charge in [0, 0.05) is 38.0 Å². The van der Waals surface area contributed by atoms with Crippen molar-refractivity contribution in [2.45, 2.75) is 6.92 Å². The number of rotatable bonds is 4. The minimum Gasteiger partial charge on any atom is -0.413 e. The van der Waals surface area contributed by atoms with Crippen LogP contribution >= 0.6 is 0 Å². The van der Waals surface area contributed by atoms with E-state index < -0.39 is 5.91 Å². The van der Waals surface area contributed by atoms with Crippen molar-refractivity contribution in [2.75, 3.05) is 38.3 Å². The van der Waals surface area contributed by atoms with Crippen molar-refractivity contribution in [2.24, 2.45) is 0 Å². The molecule has 1 aliphatic heterocycles. The standard InChI is InChI=1S/C22H22N6O3/c1-14-4-3-5-15(12-14)16-6-7-28(26-16)18-13-17(27-8-10-30-11-9-27)19-21(24-18)31-22(25-19)20(29)23-2/h3-7,12-13H,8-11H2,1-2H3,(H,23,29). The molecule has 1 aromatic carbocycles. The van der Waals surface area contributed by atoms with E-state index >= 15 is 0 Å². The van der Waals surface area contributed by atoms with Gasteiger partial charge >= 0.3 is 5.91 Å². The van der Waals surface area contributed by atoms with Gasteiger partial charge in [-0.2, -0.15) is 10.1 Å². The van der Waals surface area contributed by atoms with Crippen LogP contribution in [0.5, 0.6) is 0 Å². The molecule has 4 aromatic rings. The van der Waals surface area contributed by atoms with E-state index in [2.05, 4.69) is 39.2 Å². The van der Waals surface area contributed by atoms with Crippen LogP contribution in [0.4, 0.5) is 5.69 Å². The van der Waals surface area contributed by atoms with Gasteiger partial charge in [-0.3, -0.25) is 4.79 Å². The molecule has 0 spiro atoms. The first-order valence-corrected chi connectivity index (χ1v) is 10.1. The van der Waals surface area contributed by atoms with Crippen LogP contribution < -0.4 is 10.2 Å². The lowest BCUT2D eigenvalue weighted by atomic mass is 10.1. The minimum absolute atomic E-state index is 0.0161. The Morgan fingerprint density at radius 1 is 1.13 bits per heavy atom. The number of benzene rings is 1. The second kappa shape index (κ2) is 7.84. The van der Waals surface area contributed by atoms with Gasteiger partial charge in [0.2, 0.25) is 0 Å². The van der Waals surface area contributed by atoms with E-state index in [1.54, 1.807) is 4.68 Å². The molecule has 0 radical (unpaired) electrons. The Bertz CT molecular complexity index is 1260. The molecule has 0 unspecified atom stereocenters. The van der Waals surface area contributed by atoms with Gasteiger partial charge in [0.1, 0.15) is 0 Å².